The monoisotopic (exact) mass is 400 g/mol. The van der Waals surface area contributed by atoms with Crippen LogP contribution in [0.1, 0.15) is 44.4 Å². The van der Waals surface area contributed by atoms with Gasteiger partial charge in [0.05, 0.1) is 11.0 Å². The minimum atomic E-state index is -3.87. The van der Waals surface area contributed by atoms with Crippen molar-refractivity contribution in [1.82, 2.24) is 4.90 Å². The SMILES string of the molecule is Cc1ccc(S(=O)(=O)/N=C2\[C@H]([C@H](O)c3ccccc3)CCN2C(C)(C)C)cc1. The van der Waals surface area contributed by atoms with E-state index >= 15 is 0 Å². The Hall–Kier alpha value is -2.18. The van der Waals surface area contributed by atoms with Crippen LogP contribution in [0.4, 0.5) is 0 Å². The van der Waals surface area contributed by atoms with Gasteiger partial charge in [0.25, 0.3) is 10.0 Å². The Bertz CT molecular complexity index is 946. The van der Waals surface area contributed by atoms with Crippen molar-refractivity contribution in [3.8, 4) is 0 Å². The molecule has 1 saturated heterocycles. The van der Waals surface area contributed by atoms with Crippen molar-refractivity contribution in [2.45, 2.75) is 50.7 Å². The van der Waals surface area contributed by atoms with Gasteiger partial charge in [-0.05, 0) is 51.8 Å². The molecule has 1 heterocycles. The second-order valence-electron chi connectivity index (χ2n) is 8.31. The number of hydrogen-bond acceptors (Lipinski definition) is 3. The molecule has 0 spiro atoms. The van der Waals surface area contributed by atoms with Crippen LogP contribution in [-0.4, -0.2) is 36.3 Å². The van der Waals surface area contributed by atoms with Gasteiger partial charge in [-0.25, -0.2) is 0 Å². The lowest BCUT2D eigenvalue weighted by Crippen LogP contribution is -2.44. The van der Waals surface area contributed by atoms with Crippen LogP contribution in [0.15, 0.2) is 63.9 Å². The van der Waals surface area contributed by atoms with Gasteiger partial charge in [-0.15, -0.1) is 4.40 Å². The number of sulfonamides is 1. The first-order chi connectivity index (χ1) is 13.1. The molecule has 0 saturated carbocycles. The molecule has 2 aromatic rings. The first kappa shape index (κ1) is 20.6. The van der Waals surface area contributed by atoms with Gasteiger partial charge in [0.2, 0.25) is 0 Å². The van der Waals surface area contributed by atoms with E-state index in [0.29, 0.717) is 18.8 Å². The highest BCUT2D eigenvalue weighted by Crippen LogP contribution is 2.36. The molecule has 1 fully saturated rings. The standard InChI is InChI=1S/C22H28N2O3S/c1-16-10-12-18(13-11-16)28(26,27)23-21-19(14-15-24(21)22(2,3)4)20(25)17-8-6-5-7-9-17/h5-13,19-20,25H,14-15H2,1-4H3/b23-21+/t19-,20+/m0/s1. The summed E-state index contributed by atoms with van der Waals surface area (Å²) in [7, 11) is -3.87. The third-order valence-corrected chi connectivity index (χ3v) is 6.43. The molecule has 28 heavy (non-hydrogen) atoms. The summed E-state index contributed by atoms with van der Waals surface area (Å²) in [5.41, 5.74) is 1.46. The Morgan fingerprint density at radius 1 is 1.07 bits per heavy atom. The molecule has 2 atom stereocenters. The summed E-state index contributed by atoms with van der Waals surface area (Å²) >= 11 is 0. The lowest BCUT2D eigenvalue weighted by atomic mass is 9.94. The second-order valence-corrected chi connectivity index (χ2v) is 9.91. The molecule has 0 amide bonds. The van der Waals surface area contributed by atoms with Gasteiger partial charge >= 0.3 is 0 Å². The van der Waals surface area contributed by atoms with Crippen LogP contribution < -0.4 is 0 Å². The van der Waals surface area contributed by atoms with Gasteiger partial charge in [-0.3, -0.25) is 0 Å². The fourth-order valence-electron chi connectivity index (χ4n) is 3.58. The molecule has 5 nitrogen and oxygen atoms in total. The molecule has 1 N–H and O–H groups in total. The van der Waals surface area contributed by atoms with Crippen LogP contribution >= 0.6 is 0 Å². The average molecular weight is 401 g/mol. The molecule has 1 aliphatic rings. The van der Waals surface area contributed by atoms with E-state index in [2.05, 4.69) is 4.40 Å². The fraction of sp³-hybridized carbons (Fsp3) is 0.409. The summed E-state index contributed by atoms with van der Waals surface area (Å²) in [6.07, 6.45) is -0.157. The number of rotatable bonds is 4. The molecule has 3 rings (SSSR count). The summed E-state index contributed by atoms with van der Waals surface area (Å²) in [5.74, 6) is 0.0614. The molecule has 2 aromatic carbocycles. The Balaban J connectivity index is 2.04. The third-order valence-electron chi connectivity index (χ3n) is 5.14. The first-order valence-corrected chi connectivity index (χ1v) is 11.0. The number of aliphatic hydroxyl groups is 1. The Kier molecular flexibility index (Phi) is 5.64. The number of hydrogen-bond donors (Lipinski definition) is 1. The fourth-order valence-corrected chi connectivity index (χ4v) is 4.64. The van der Waals surface area contributed by atoms with E-state index in [1.807, 2.05) is 62.9 Å². The normalized spacial score (nSPS) is 20.5. The number of likely N-dealkylation sites (tertiary alicyclic amines) is 1. The van der Waals surface area contributed by atoms with Gasteiger partial charge in [0, 0.05) is 18.0 Å². The summed E-state index contributed by atoms with van der Waals surface area (Å²) in [6.45, 7) is 8.64. The van der Waals surface area contributed by atoms with E-state index in [0.717, 1.165) is 11.1 Å². The van der Waals surface area contributed by atoms with Gasteiger partial charge in [-0.1, -0.05) is 48.0 Å². The number of nitrogens with zero attached hydrogens (tertiary/aromatic N) is 2. The van der Waals surface area contributed by atoms with Crippen molar-refractivity contribution < 1.29 is 13.5 Å². The highest BCUT2D eigenvalue weighted by atomic mass is 32.2. The minimum Gasteiger partial charge on any atom is -0.388 e. The maximum Gasteiger partial charge on any atom is 0.283 e. The van der Waals surface area contributed by atoms with Crippen LogP contribution in [0.3, 0.4) is 0 Å². The van der Waals surface area contributed by atoms with E-state index in [4.69, 9.17) is 0 Å². The van der Waals surface area contributed by atoms with Crippen LogP contribution in [-0.2, 0) is 10.0 Å². The lowest BCUT2D eigenvalue weighted by Gasteiger charge is -2.35. The highest BCUT2D eigenvalue weighted by molar-refractivity contribution is 7.90. The van der Waals surface area contributed by atoms with Gasteiger partial charge in [0.1, 0.15) is 5.84 Å². The summed E-state index contributed by atoms with van der Waals surface area (Å²) < 4.78 is 30.2. The smallest absolute Gasteiger partial charge is 0.283 e. The zero-order valence-corrected chi connectivity index (χ0v) is 17.6. The zero-order valence-electron chi connectivity index (χ0n) is 16.8. The molecule has 0 aliphatic carbocycles. The first-order valence-electron chi connectivity index (χ1n) is 9.52. The molecule has 0 unspecified atom stereocenters. The largest absolute Gasteiger partial charge is 0.388 e. The quantitative estimate of drug-likeness (QED) is 0.844. The molecule has 0 aromatic heterocycles. The molecule has 150 valence electrons. The van der Waals surface area contributed by atoms with Gasteiger partial charge < -0.3 is 10.0 Å². The van der Waals surface area contributed by atoms with Crippen molar-refractivity contribution in [3.05, 3.63) is 65.7 Å². The van der Waals surface area contributed by atoms with Gasteiger partial charge in [0.15, 0.2) is 0 Å². The predicted molar refractivity (Wildman–Crippen MR) is 112 cm³/mol. The molecule has 1 aliphatic heterocycles. The summed E-state index contributed by atoms with van der Waals surface area (Å²) in [6, 6.07) is 16.0. The van der Waals surface area contributed by atoms with Crippen molar-refractivity contribution in [1.29, 1.82) is 0 Å². The minimum absolute atomic E-state index is 0.166. The van der Waals surface area contributed by atoms with E-state index in [1.165, 1.54) is 0 Å². The van der Waals surface area contributed by atoms with Gasteiger partial charge in [-0.2, -0.15) is 8.42 Å². The lowest BCUT2D eigenvalue weighted by molar-refractivity contribution is 0.141. The highest BCUT2D eigenvalue weighted by Gasteiger charge is 2.41. The van der Waals surface area contributed by atoms with Crippen molar-refractivity contribution >= 4 is 15.9 Å². The Labute approximate surface area is 167 Å². The Morgan fingerprint density at radius 2 is 1.68 bits per heavy atom. The van der Waals surface area contributed by atoms with Crippen LogP contribution in [0.5, 0.6) is 0 Å². The average Bonchev–Trinajstić information content (AvgIpc) is 3.05. The second kappa shape index (κ2) is 7.68. The molecule has 6 heteroatoms. The Morgan fingerprint density at radius 3 is 2.25 bits per heavy atom. The van der Waals surface area contributed by atoms with E-state index in [-0.39, 0.29) is 16.4 Å². The van der Waals surface area contributed by atoms with E-state index < -0.39 is 16.1 Å². The molecular formula is C22H28N2O3S. The van der Waals surface area contributed by atoms with Crippen molar-refractivity contribution in [2.24, 2.45) is 10.3 Å². The maximum atomic E-state index is 13.0. The molecular weight excluding hydrogens is 372 g/mol. The van der Waals surface area contributed by atoms with Crippen LogP contribution in [0, 0.1) is 12.8 Å². The number of aryl methyl sites for hydroxylation is 1. The van der Waals surface area contributed by atoms with Crippen molar-refractivity contribution in [3.63, 3.8) is 0 Å². The zero-order chi connectivity index (χ0) is 20.5. The van der Waals surface area contributed by atoms with Crippen molar-refractivity contribution in [2.75, 3.05) is 6.54 Å². The van der Waals surface area contributed by atoms with E-state index in [9.17, 15) is 13.5 Å². The number of amidine groups is 1. The maximum absolute atomic E-state index is 13.0. The summed E-state index contributed by atoms with van der Waals surface area (Å²) in [5, 5.41) is 11.0. The number of aliphatic hydroxyl groups excluding tert-OH is 1. The molecule has 0 bridgehead atoms. The van der Waals surface area contributed by atoms with Crippen LogP contribution in [0.2, 0.25) is 0 Å². The predicted octanol–water partition coefficient (Wildman–Crippen LogP) is 3.94. The van der Waals surface area contributed by atoms with Crippen LogP contribution in [0.25, 0.3) is 0 Å². The summed E-state index contributed by atoms with van der Waals surface area (Å²) in [4.78, 5) is 2.16. The van der Waals surface area contributed by atoms with E-state index in [1.54, 1.807) is 24.3 Å². The third kappa shape index (κ3) is 4.28. The number of benzene rings is 2. The molecule has 0 radical (unpaired) electrons. The topological polar surface area (TPSA) is 70.0 Å².